The van der Waals surface area contributed by atoms with E-state index in [1.54, 1.807) is 13.3 Å². The highest BCUT2D eigenvalue weighted by molar-refractivity contribution is 5.30. The summed E-state index contributed by atoms with van der Waals surface area (Å²) in [6, 6.07) is 2.07. The third-order valence-corrected chi connectivity index (χ3v) is 2.13. The Morgan fingerprint density at radius 1 is 1.58 bits per heavy atom. The van der Waals surface area contributed by atoms with Crippen LogP contribution >= 0.6 is 0 Å². The number of rotatable bonds is 1. The van der Waals surface area contributed by atoms with Gasteiger partial charge in [-0.2, -0.15) is 0 Å². The van der Waals surface area contributed by atoms with Crippen LogP contribution in [0.2, 0.25) is 0 Å². The number of hydrogen-bond acceptors (Lipinski definition) is 3. The number of ether oxygens (including phenoxy) is 1. The molecule has 64 valence electrons. The summed E-state index contributed by atoms with van der Waals surface area (Å²) in [5.41, 5.74) is 2.47. The lowest BCUT2D eigenvalue weighted by Gasteiger charge is -2.16. The van der Waals surface area contributed by atoms with Gasteiger partial charge in [0.05, 0.1) is 19.0 Å². The van der Waals surface area contributed by atoms with Crippen LogP contribution in [-0.2, 0) is 13.0 Å². The summed E-state index contributed by atoms with van der Waals surface area (Å²) >= 11 is 0. The fourth-order valence-corrected chi connectivity index (χ4v) is 1.43. The Balaban J connectivity index is 2.36. The summed E-state index contributed by atoms with van der Waals surface area (Å²) in [6.45, 7) is 1.93. The van der Waals surface area contributed by atoms with E-state index in [0.717, 1.165) is 31.0 Å². The molecule has 0 aliphatic carbocycles. The summed E-state index contributed by atoms with van der Waals surface area (Å²) in [6.07, 6.45) is 2.82. The smallest absolute Gasteiger partial charge is 0.137 e. The van der Waals surface area contributed by atoms with Gasteiger partial charge in [-0.05, 0) is 24.6 Å². The normalized spacial score (nSPS) is 15.4. The molecule has 0 amide bonds. The third kappa shape index (κ3) is 1.28. The molecule has 0 atom stereocenters. The maximum Gasteiger partial charge on any atom is 0.137 e. The van der Waals surface area contributed by atoms with Crippen LogP contribution in [0.4, 0.5) is 0 Å². The van der Waals surface area contributed by atoms with Crippen molar-refractivity contribution in [2.45, 2.75) is 13.0 Å². The van der Waals surface area contributed by atoms with E-state index in [1.807, 2.05) is 0 Å². The van der Waals surface area contributed by atoms with E-state index < -0.39 is 0 Å². The van der Waals surface area contributed by atoms with Crippen LogP contribution in [-0.4, -0.2) is 18.6 Å². The molecule has 1 aliphatic rings. The van der Waals surface area contributed by atoms with Crippen LogP contribution < -0.4 is 10.1 Å². The van der Waals surface area contributed by atoms with Gasteiger partial charge in [-0.3, -0.25) is 4.98 Å². The van der Waals surface area contributed by atoms with Crippen molar-refractivity contribution in [3.05, 3.63) is 23.5 Å². The average molecular weight is 164 g/mol. The van der Waals surface area contributed by atoms with E-state index in [2.05, 4.69) is 16.4 Å². The van der Waals surface area contributed by atoms with Crippen LogP contribution in [0.3, 0.4) is 0 Å². The molecular formula is C9H12N2O. The zero-order valence-corrected chi connectivity index (χ0v) is 7.13. The van der Waals surface area contributed by atoms with E-state index in [1.165, 1.54) is 5.56 Å². The fraction of sp³-hybridized carbons (Fsp3) is 0.444. The minimum Gasteiger partial charge on any atom is -0.495 e. The van der Waals surface area contributed by atoms with Crippen LogP contribution in [0.5, 0.6) is 5.75 Å². The Morgan fingerprint density at radius 2 is 2.50 bits per heavy atom. The third-order valence-electron chi connectivity index (χ3n) is 2.13. The topological polar surface area (TPSA) is 34.1 Å². The molecule has 1 N–H and O–H groups in total. The Labute approximate surface area is 71.8 Å². The van der Waals surface area contributed by atoms with E-state index in [4.69, 9.17) is 4.74 Å². The molecule has 0 bridgehead atoms. The average Bonchev–Trinajstić information content (AvgIpc) is 2.17. The van der Waals surface area contributed by atoms with Gasteiger partial charge < -0.3 is 10.1 Å². The van der Waals surface area contributed by atoms with Gasteiger partial charge in [-0.1, -0.05) is 0 Å². The molecule has 2 heterocycles. The molecule has 1 aromatic heterocycles. The lowest BCUT2D eigenvalue weighted by atomic mass is 10.1. The van der Waals surface area contributed by atoms with Crippen LogP contribution in [0.15, 0.2) is 12.3 Å². The predicted octanol–water partition coefficient (Wildman–Crippen LogP) is 0.736. The van der Waals surface area contributed by atoms with E-state index in [9.17, 15) is 0 Å². The lowest BCUT2D eigenvalue weighted by molar-refractivity contribution is 0.411. The van der Waals surface area contributed by atoms with Gasteiger partial charge in [-0.25, -0.2) is 0 Å². The number of hydrogen-bond donors (Lipinski definition) is 1. The largest absolute Gasteiger partial charge is 0.495 e. The van der Waals surface area contributed by atoms with Crippen molar-refractivity contribution in [1.82, 2.24) is 10.3 Å². The molecule has 1 aliphatic heterocycles. The van der Waals surface area contributed by atoms with Gasteiger partial charge in [0, 0.05) is 6.54 Å². The Hall–Kier alpha value is -1.09. The van der Waals surface area contributed by atoms with Gasteiger partial charge in [0.15, 0.2) is 0 Å². The van der Waals surface area contributed by atoms with Crippen molar-refractivity contribution in [2.75, 3.05) is 13.7 Å². The van der Waals surface area contributed by atoms with E-state index >= 15 is 0 Å². The minimum absolute atomic E-state index is 0.857. The molecule has 0 fully saturated rings. The number of nitrogens with one attached hydrogen (secondary N) is 1. The van der Waals surface area contributed by atoms with Crippen molar-refractivity contribution in [3.63, 3.8) is 0 Å². The lowest BCUT2D eigenvalue weighted by Crippen LogP contribution is -2.24. The van der Waals surface area contributed by atoms with Crippen LogP contribution in [0.25, 0.3) is 0 Å². The molecule has 2 rings (SSSR count). The second-order valence-corrected chi connectivity index (χ2v) is 2.91. The zero-order valence-electron chi connectivity index (χ0n) is 7.13. The monoisotopic (exact) mass is 164 g/mol. The highest BCUT2D eigenvalue weighted by Gasteiger charge is 2.09. The first-order chi connectivity index (χ1) is 5.90. The highest BCUT2D eigenvalue weighted by atomic mass is 16.5. The Bertz CT molecular complexity index is 286. The summed E-state index contributed by atoms with van der Waals surface area (Å²) in [4.78, 5) is 4.30. The molecular weight excluding hydrogens is 152 g/mol. The predicted molar refractivity (Wildman–Crippen MR) is 46.2 cm³/mol. The second kappa shape index (κ2) is 3.11. The van der Waals surface area contributed by atoms with Crippen molar-refractivity contribution in [3.8, 4) is 5.75 Å². The molecule has 3 heteroatoms. The van der Waals surface area contributed by atoms with Crippen LogP contribution in [0, 0.1) is 0 Å². The summed E-state index contributed by atoms with van der Waals surface area (Å²) in [7, 11) is 1.67. The number of methoxy groups -OCH3 is 1. The zero-order chi connectivity index (χ0) is 8.39. The van der Waals surface area contributed by atoms with Gasteiger partial charge >= 0.3 is 0 Å². The number of pyridine rings is 1. The van der Waals surface area contributed by atoms with Crippen molar-refractivity contribution < 1.29 is 4.74 Å². The van der Waals surface area contributed by atoms with Crippen molar-refractivity contribution >= 4 is 0 Å². The van der Waals surface area contributed by atoms with Crippen molar-refractivity contribution in [2.24, 2.45) is 0 Å². The molecule has 1 aromatic rings. The second-order valence-electron chi connectivity index (χ2n) is 2.91. The molecule has 12 heavy (non-hydrogen) atoms. The number of nitrogens with zero attached hydrogens (tertiary/aromatic N) is 1. The molecule has 3 nitrogen and oxygen atoms in total. The molecule has 0 saturated heterocycles. The molecule has 0 aromatic carbocycles. The minimum atomic E-state index is 0.857. The highest BCUT2D eigenvalue weighted by Crippen LogP contribution is 2.17. The first-order valence-electron chi connectivity index (χ1n) is 4.12. The van der Waals surface area contributed by atoms with Gasteiger partial charge in [-0.15, -0.1) is 0 Å². The summed E-state index contributed by atoms with van der Waals surface area (Å²) in [5.74, 6) is 0.857. The van der Waals surface area contributed by atoms with E-state index in [0.29, 0.717) is 0 Å². The number of aromatic nitrogens is 1. The molecule has 0 saturated carbocycles. The maximum absolute atomic E-state index is 5.10. The summed E-state index contributed by atoms with van der Waals surface area (Å²) < 4.78 is 5.10. The fourth-order valence-electron chi connectivity index (χ4n) is 1.43. The van der Waals surface area contributed by atoms with Crippen molar-refractivity contribution in [1.29, 1.82) is 0 Å². The quantitative estimate of drug-likeness (QED) is 0.664. The number of fused-ring (bicyclic) bond motifs is 1. The van der Waals surface area contributed by atoms with Gasteiger partial charge in [0.1, 0.15) is 5.75 Å². The maximum atomic E-state index is 5.10. The SMILES string of the molecule is COc1cnc2c(c1)CCNC2. The first kappa shape index (κ1) is 7.55. The molecule has 0 spiro atoms. The first-order valence-corrected chi connectivity index (χ1v) is 4.12. The summed E-state index contributed by atoms with van der Waals surface area (Å²) in [5, 5.41) is 3.28. The van der Waals surface area contributed by atoms with Gasteiger partial charge in [0.25, 0.3) is 0 Å². The Morgan fingerprint density at radius 3 is 3.33 bits per heavy atom. The molecule has 0 radical (unpaired) electrons. The Kier molecular flexibility index (Phi) is 1.96. The van der Waals surface area contributed by atoms with Crippen LogP contribution in [0.1, 0.15) is 11.3 Å². The van der Waals surface area contributed by atoms with Gasteiger partial charge in [0.2, 0.25) is 0 Å². The van der Waals surface area contributed by atoms with E-state index in [-0.39, 0.29) is 0 Å². The standard InChI is InChI=1S/C9H12N2O/c1-12-8-4-7-2-3-10-6-9(7)11-5-8/h4-5,10H,2-3,6H2,1H3. The molecule has 0 unspecified atom stereocenters.